The van der Waals surface area contributed by atoms with Gasteiger partial charge in [0.15, 0.2) is 0 Å². The lowest BCUT2D eigenvalue weighted by Gasteiger charge is -2.24. The number of aryl methyl sites for hydroxylation is 1. The number of rotatable bonds is 4. The Kier molecular flexibility index (Phi) is 4.37. The van der Waals surface area contributed by atoms with E-state index in [1.807, 2.05) is 32.0 Å². The highest BCUT2D eigenvalue weighted by Crippen LogP contribution is 2.20. The second-order valence-electron chi connectivity index (χ2n) is 4.77. The third kappa shape index (κ3) is 3.16. The molecule has 2 aromatic carbocycles. The molecule has 2 rings (SSSR count). The first-order valence-electron chi connectivity index (χ1n) is 6.64. The first kappa shape index (κ1) is 14.1. The van der Waals surface area contributed by atoms with Crippen molar-refractivity contribution in [3.8, 4) is 6.07 Å². The first-order chi connectivity index (χ1) is 9.63. The Labute approximate surface area is 119 Å². The summed E-state index contributed by atoms with van der Waals surface area (Å²) < 4.78 is 13.4. The number of benzene rings is 2. The van der Waals surface area contributed by atoms with Crippen molar-refractivity contribution in [2.75, 3.05) is 11.4 Å². The number of nitriles is 1. The molecule has 0 aliphatic heterocycles. The van der Waals surface area contributed by atoms with E-state index >= 15 is 0 Å². The largest absolute Gasteiger partial charge is 0.367 e. The van der Waals surface area contributed by atoms with Crippen molar-refractivity contribution in [3.63, 3.8) is 0 Å². The average molecular weight is 268 g/mol. The Morgan fingerprint density at radius 1 is 1.20 bits per heavy atom. The fourth-order valence-corrected chi connectivity index (χ4v) is 2.22. The number of hydrogen-bond acceptors (Lipinski definition) is 2. The van der Waals surface area contributed by atoms with Crippen LogP contribution in [-0.2, 0) is 6.54 Å². The maximum atomic E-state index is 13.4. The molecule has 0 amide bonds. The number of nitrogens with zero attached hydrogens (tertiary/aromatic N) is 2. The van der Waals surface area contributed by atoms with E-state index in [4.69, 9.17) is 5.26 Å². The van der Waals surface area contributed by atoms with Crippen LogP contribution in [0.15, 0.2) is 42.5 Å². The van der Waals surface area contributed by atoms with Gasteiger partial charge in [0, 0.05) is 18.8 Å². The van der Waals surface area contributed by atoms with Crippen molar-refractivity contribution in [2.24, 2.45) is 0 Å². The highest BCUT2D eigenvalue weighted by atomic mass is 19.1. The van der Waals surface area contributed by atoms with E-state index in [1.54, 1.807) is 0 Å². The van der Waals surface area contributed by atoms with Crippen LogP contribution < -0.4 is 4.90 Å². The monoisotopic (exact) mass is 268 g/mol. The summed E-state index contributed by atoms with van der Waals surface area (Å²) in [6, 6.07) is 14.6. The molecule has 20 heavy (non-hydrogen) atoms. The molecule has 0 fully saturated rings. The van der Waals surface area contributed by atoms with Gasteiger partial charge in [0.1, 0.15) is 5.82 Å². The predicted molar refractivity (Wildman–Crippen MR) is 79.0 cm³/mol. The highest BCUT2D eigenvalue weighted by molar-refractivity contribution is 5.50. The summed E-state index contributed by atoms with van der Waals surface area (Å²) in [5, 5.41) is 9.12. The molecule has 0 heterocycles. The molecule has 0 aliphatic rings. The molecule has 2 nitrogen and oxygen atoms in total. The van der Waals surface area contributed by atoms with Crippen LogP contribution in [0.1, 0.15) is 23.6 Å². The summed E-state index contributed by atoms with van der Waals surface area (Å²) in [4.78, 5) is 2.13. The fraction of sp³-hybridized carbons (Fsp3) is 0.235. The Morgan fingerprint density at radius 3 is 2.65 bits per heavy atom. The fourth-order valence-electron chi connectivity index (χ4n) is 2.22. The van der Waals surface area contributed by atoms with Crippen LogP contribution in [0, 0.1) is 24.1 Å². The molecule has 0 spiro atoms. The van der Waals surface area contributed by atoms with Crippen LogP contribution in [0.2, 0.25) is 0 Å². The lowest BCUT2D eigenvalue weighted by molar-refractivity contribution is 0.624. The lowest BCUT2D eigenvalue weighted by Crippen LogP contribution is -2.22. The van der Waals surface area contributed by atoms with E-state index < -0.39 is 0 Å². The van der Waals surface area contributed by atoms with Gasteiger partial charge in [-0.1, -0.05) is 12.1 Å². The molecule has 0 unspecified atom stereocenters. The smallest absolute Gasteiger partial charge is 0.123 e. The molecular formula is C17H17FN2. The zero-order valence-electron chi connectivity index (χ0n) is 11.7. The van der Waals surface area contributed by atoms with E-state index in [0.717, 1.165) is 17.8 Å². The van der Waals surface area contributed by atoms with Gasteiger partial charge in [-0.3, -0.25) is 0 Å². The maximum Gasteiger partial charge on any atom is 0.123 e. The summed E-state index contributed by atoms with van der Waals surface area (Å²) in [5.41, 5.74) is 3.51. The van der Waals surface area contributed by atoms with Crippen molar-refractivity contribution in [1.29, 1.82) is 5.26 Å². The SMILES string of the molecule is CCN(Cc1cc(F)ccc1C#N)c1cccc(C)c1. The van der Waals surface area contributed by atoms with Gasteiger partial charge in [0.05, 0.1) is 11.6 Å². The van der Waals surface area contributed by atoms with Crippen LogP contribution in [0.5, 0.6) is 0 Å². The van der Waals surface area contributed by atoms with E-state index in [1.165, 1.54) is 23.8 Å². The molecule has 0 aromatic heterocycles. The van der Waals surface area contributed by atoms with E-state index in [0.29, 0.717) is 12.1 Å². The number of anilines is 1. The van der Waals surface area contributed by atoms with Gasteiger partial charge in [-0.15, -0.1) is 0 Å². The Bertz CT molecular complexity index is 644. The minimum atomic E-state index is -0.306. The van der Waals surface area contributed by atoms with E-state index in [2.05, 4.69) is 17.0 Å². The molecule has 102 valence electrons. The molecular weight excluding hydrogens is 251 g/mol. The van der Waals surface area contributed by atoms with E-state index in [-0.39, 0.29) is 5.82 Å². The second kappa shape index (κ2) is 6.21. The Balaban J connectivity index is 2.31. The maximum absolute atomic E-state index is 13.4. The van der Waals surface area contributed by atoms with Gasteiger partial charge in [0.2, 0.25) is 0 Å². The van der Waals surface area contributed by atoms with Gasteiger partial charge in [-0.25, -0.2) is 4.39 Å². The van der Waals surface area contributed by atoms with Gasteiger partial charge in [-0.05, 0) is 55.3 Å². The molecule has 0 saturated heterocycles. The standard InChI is InChI=1S/C17H17FN2/c1-3-20(17-6-4-5-13(2)9-17)12-15-10-16(18)8-7-14(15)11-19/h4-10H,3,12H2,1-2H3. The van der Waals surface area contributed by atoms with Gasteiger partial charge in [-0.2, -0.15) is 5.26 Å². The molecule has 0 aliphatic carbocycles. The molecule has 0 bridgehead atoms. The third-order valence-corrected chi connectivity index (χ3v) is 3.30. The predicted octanol–water partition coefficient (Wildman–Crippen LogP) is 4.03. The quantitative estimate of drug-likeness (QED) is 0.837. The molecule has 0 radical (unpaired) electrons. The van der Waals surface area contributed by atoms with Crippen molar-refractivity contribution < 1.29 is 4.39 Å². The lowest BCUT2D eigenvalue weighted by atomic mass is 10.1. The second-order valence-corrected chi connectivity index (χ2v) is 4.77. The van der Waals surface area contributed by atoms with Crippen molar-refractivity contribution in [3.05, 3.63) is 65.0 Å². The summed E-state index contributed by atoms with van der Waals surface area (Å²) in [6.45, 7) is 5.42. The summed E-state index contributed by atoms with van der Waals surface area (Å²) >= 11 is 0. The summed E-state index contributed by atoms with van der Waals surface area (Å²) in [7, 11) is 0. The van der Waals surface area contributed by atoms with Crippen LogP contribution in [0.3, 0.4) is 0 Å². The zero-order chi connectivity index (χ0) is 14.5. The summed E-state index contributed by atoms with van der Waals surface area (Å²) in [6.07, 6.45) is 0. The number of halogens is 1. The molecule has 0 saturated carbocycles. The topological polar surface area (TPSA) is 27.0 Å². The number of hydrogen-bond donors (Lipinski definition) is 0. The first-order valence-corrected chi connectivity index (χ1v) is 6.64. The minimum absolute atomic E-state index is 0.306. The van der Waals surface area contributed by atoms with Crippen molar-refractivity contribution in [1.82, 2.24) is 0 Å². The van der Waals surface area contributed by atoms with Crippen molar-refractivity contribution in [2.45, 2.75) is 20.4 Å². The van der Waals surface area contributed by atoms with Crippen LogP contribution >= 0.6 is 0 Å². The highest BCUT2D eigenvalue weighted by Gasteiger charge is 2.10. The molecule has 0 N–H and O–H groups in total. The van der Waals surface area contributed by atoms with Gasteiger partial charge in [0.25, 0.3) is 0 Å². The zero-order valence-corrected chi connectivity index (χ0v) is 11.7. The molecule has 0 atom stereocenters. The van der Waals surface area contributed by atoms with Crippen LogP contribution in [0.4, 0.5) is 10.1 Å². The molecule has 2 aromatic rings. The average Bonchev–Trinajstić information content (AvgIpc) is 2.45. The Hall–Kier alpha value is -2.34. The van der Waals surface area contributed by atoms with Crippen LogP contribution in [0.25, 0.3) is 0 Å². The normalized spacial score (nSPS) is 10.1. The minimum Gasteiger partial charge on any atom is -0.367 e. The van der Waals surface area contributed by atoms with Crippen LogP contribution in [-0.4, -0.2) is 6.54 Å². The Morgan fingerprint density at radius 2 is 2.00 bits per heavy atom. The van der Waals surface area contributed by atoms with Crippen molar-refractivity contribution >= 4 is 5.69 Å². The molecule has 3 heteroatoms. The summed E-state index contributed by atoms with van der Waals surface area (Å²) in [5.74, 6) is -0.306. The van der Waals surface area contributed by atoms with Gasteiger partial charge >= 0.3 is 0 Å². The van der Waals surface area contributed by atoms with E-state index in [9.17, 15) is 4.39 Å². The van der Waals surface area contributed by atoms with Gasteiger partial charge < -0.3 is 4.90 Å². The third-order valence-electron chi connectivity index (χ3n) is 3.30.